The summed E-state index contributed by atoms with van der Waals surface area (Å²) in [6, 6.07) is 11.0. The third kappa shape index (κ3) is 6.18. The van der Waals surface area contributed by atoms with E-state index in [0.717, 1.165) is 6.54 Å². The number of hydrogen-bond acceptors (Lipinski definition) is 4. The molecule has 1 heterocycles. The number of carbonyl (C=O) groups excluding carboxylic acids is 2. The molecule has 2 aromatic carbocycles. The second kappa shape index (κ2) is 10.6. The Morgan fingerprint density at radius 1 is 1.19 bits per heavy atom. The van der Waals surface area contributed by atoms with Gasteiger partial charge in [-0.15, -0.1) is 0 Å². The molecule has 0 atom stereocenters. The smallest absolute Gasteiger partial charge is 0.256 e. The number of ether oxygens (including phenoxy) is 1. The van der Waals surface area contributed by atoms with Gasteiger partial charge in [0.15, 0.2) is 0 Å². The van der Waals surface area contributed by atoms with Gasteiger partial charge in [0.05, 0.1) is 10.6 Å². The maximum absolute atomic E-state index is 13.9. The minimum Gasteiger partial charge on any atom is -0.489 e. The quantitative estimate of drug-likeness (QED) is 0.706. The summed E-state index contributed by atoms with van der Waals surface area (Å²) in [4.78, 5) is 28.4. The van der Waals surface area contributed by atoms with Gasteiger partial charge in [0, 0.05) is 44.6 Å². The fourth-order valence-corrected chi connectivity index (χ4v) is 3.62. The van der Waals surface area contributed by atoms with Crippen molar-refractivity contribution < 1.29 is 18.7 Å². The number of halogens is 2. The number of nitrogens with one attached hydrogen (secondary N) is 1. The topological polar surface area (TPSA) is 61.9 Å². The Bertz CT molecular complexity index is 930. The Balaban J connectivity index is 1.53. The summed E-state index contributed by atoms with van der Waals surface area (Å²) in [6.45, 7) is 2.24. The monoisotopic (exact) mass is 447 g/mol. The normalized spacial score (nSPS) is 14.5. The zero-order valence-electron chi connectivity index (χ0n) is 17.7. The van der Waals surface area contributed by atoms with Crippen LogP contribution in [0, 0.1) is 5.82 Å². The molecule has 0 spiro atoms. The highest BCUT2D eigenvalue weighted by atomic mass is 35.5. The molecule has 0 bridgehead atoms. The molecule has 0 unspecified atom stereocenters. The van der Waals surface area contributed by atoms with E-state index in [1.807, 2.05) is 19.0 Å². The molecule has 0 aromatic heterocycles. The molecule has 8 heteroatoms. The third-order valence-electron chi connectivity index (χ3n) is 5.17. The molecule has 0 radical (unpaired) electrons. The molecular weight excluding hydrogens is 421 g/mol. The molecule has 2 amide bonds. The van der Waals surface area contributed by atoms with Gasteiger partial charge in [-0.1, -0.05) is 23.7 Å². The Morgan fingerprint density at radius 3 is 2.55 bits per heavy atom. The first-order valence-corrected chi connectivity index (χ1v) is 10.7. The third-order valence-corrected chi connectivity index (χ3v) is 5.46. The van der Waals surface area contributed by atoms with E-state index in [0.29, 0.717) is 48.8 Å². The van der Waals surface area contributed by atoms with Gasteiger partial charge >= 0.3 is 0 Å². The van der Waals surface area contributed by atoms with Crippen LogP contribution in [0.4, 0.5) is 4.39 Å². The number of hydrogen-bond donors (Lipinski definition) is 1. The highest BCUT2D eigenvalue weighted by molar-refractivity contribution is 6.32. The maximum atomic E-state index is 13.9. The van der Waals surface area contributed by atoms with Gasteiger partial charge in [-0.05, 0) is 44.4 Å². The predicted molar refractivity (Wildman–Crippen MR) is 118 cm³/mol. The largest absolute Gasteiger partial charge is 0.489 e. The predicted octanol–water partition coefficient (Wildman–Crippen LogP) is 3.45. The highest BCUT2D eigenvalue weighted by Gasteiger charge is 2.26. The van der Waals surface area contributed by atoms with Crippen LogP contribution in [-0.4, -0.2) is 68.0 Å². The van der Waals surface area contributed by atoms with E-state index in [1.165, 1.54) is 12.1 Å². The van der Waals surface area contributed by atoms with Crippen LogP contribution >= 0.6 is 11.6 Å². The highest BCUT2D eigenvalue weighted by Crippen LogP contribution is 2.29. The van der Waals surface area contributed by atoms with Crippen LogP contribution in [0.5, 0.6) is 5.75 Å². The molecule has 1 aliphatic heterocycles. The van der Waals surface area contributed by atoms with E-state index in [1.54, 1.807) is 35.2 Å². The van der Waals surface area contributed by atoms with Crippen molar-refractivity contribution >= 4 is 23.4 Å². The van der Waals surface area contributed by atoms with Crippen molar-refractivity contribution in [1.29, 1.82) is 0 Å². The summed E-state index contributed by atoms with van der Waals surface area (Å²) in [6.07, 6.45) is 1.12. The Labute approximate surface area is 186 Å². The SMILES string of the molecule is CN(C)CCNC(=O)c1ccc(OC2CCN(C(=O)c3ccccc3F)CC2)c(Cl)c1. The first kappa shape index (κ1) is 23.0. The molecule has 1 saturated heterocycles. The van der Waals surface area contributed by atoms with Gasteiger partial charge in [0.1, 0.15) is 17.7 Å². The summed E-state index contributed by atoms with van der Waals surface area (Å²) in [5.41, 5.74) is 0.561. The van der Waals surface area contributed by atoms with Crippen LogP contribution in [0.15, 0.2) is 42.5 Å². The van der Waals surface area contributed by atoms with E-state index in [9.17, 15) is 14.0 Å². The van der Waals surface area contributed by atoms with E-state index < -0.39 is 5.82 Å². The van der Waals surface area contributed by atoms with Crippen molar-refractivity contribution in [2.45, 2.75) is 18.9 Å². The molecule has 166 valence electrons. The number of carbonyl (C=O) groups is 2. The summed E-state index contributed by atoms with van der Waals surface area (Å²) in [5.74, 6) is -0.497. The first-order valence-electron chi connectivity index (χ1n) is 10.3. The molecule has 2 aromatic rings. The van der Waals surface area contributed by atoms with Gasteiger partial charge < -0.3 is 19.9 Å². The number of likely N-dealkylation sites (tertiary alicyclic amines) is 1. The average Bonchev–Trinajstić information content (AvgIpc) is 2.75. The molecule has 3 rings (SSSR count). The summed E-state index contributed by atoms with van der Waals surface area (Å²) < 4.78 is 19.9. The van der Waals surface area contributed by atoms with E-state index >= 15 is 0 Å². The number of rotatable bonds is 7. The van der Waals surface area contributed by atoms with Crippen LogP contribution < -0.4 is 10.1 Å². The number of likely N-dealkylation sites (N-methyl/N-ethyl adjacent to an activating group) is 1. The molecule has 6 nitrogen and oxygen atoms in total. The standard InChI is InChI=1S/C23H27ClFN3O3/c1-27(2)14-11-26-22(29)16-7-8-21(19(24)15-16)31-17-9-12-28(13-10-17)23(30)18-5-3-4-6-20(18)25/h3-8,15,17H,9-14H2,1-2H3,(H,26,29). The fraction of sp³-hybridized carbons (Fsp3) is 0.391. The summed E-state index contributed by atoms with van der Waals surface area (Å²) in [7, 11) is 3.88. The lowest BCUT2D eigenvalue weighted by Gasteiger charge is -2.32. The van der Waals surface area contributed by atoms with Crippen LogP contribution in [0.3, 0.4) is 0 Å². The van der Waals surface area contributed by atoms with Crippen molar-refractivity contribution in [3.8, 4) is 5.75 Å². The number of nitrogens with zero attached hydrogens (tertiary/aromatic N) is 2. The van der Waals surface area contributed by atoms with Gasteiger partial charge in [0.25, 0.3) is 11.8 Å². The van der Waals surface area contributed by atoms with E-state index in [2.05, 4.69) is 5.32 Å². The Morgan fingerprint density at radius 2 is 1.90 bits per heavy atom. The van der Waals surface area contributed by atoms with Crippen LogP contribution in [0.1, 0.15) is 33.6 Å². The molecule has 0 aliphatic carbocycles. The van der Waals surface area contributed by atoms with Gasteiger partial charge in [0.2, 0.25) is 0 Å². The van der Waals surface area contributed by atoms with Gasteiger partial charge in [-0.25, -0.2) is 4.39 Å². The lowest BCUT2D eigenvalue weighted by Crippen LogP contribution is -2.42. The van der Waals surface area contributed by atoms with Crippen LogP contribution in [-0.2, 0) is 0 Å². The zero-order valence-corrected chi connectivity index (χ0v) is 18.5. The number of benzene rings is 2. The molecular formula is C23H27ClFN3O3. The van der Waals surface area contributed by atoms with Gasteiger partial charge in [-0.2, -0.15) is 0 Å². The minimum absolute atomic E-state index is 0.0874. The van der Waals surface area contributed by atoms with Crippen molar-refractivity contribution in [3.05, 3.63) is 64.4 Å². The number of amides is 2. The van der Waals surface area contributed by atoms with Crippen LogP contribution in [0.25, 0.3) is 0 Å². The first-order chi connectivity index (χ1) is 14.8. The summed E-state index contributed by atoms with van der Waals surface area (Å²) >= 11 is 6.33. The Hall–Kier alpha value is -2.64. The van der Waals surface area contributed by atoms with Crippen molar-refractivity contribution in [1.82, 2.24) is 15.1 Å². The molecule has 0 saturated carbocycles. The van der Waals surface area contributed by atoms with Crippen LogP contribution in [0.2, 0.25) is 5.02 Å². The average molecular weight is 448 g/mol. The molecule has 1 N–H and O–H groups in total. The maximum Gasteiger partial charge on any atom is 0.256 e. The second-order valence-electron chi connectivity index (χ2n) is 7.79. The Kier molecular flexibility index (Phi) is 7.87. The van der Waals surface area contributed by atoms with Crippen molar-refractivity contribution in [2.24, 2.45) is 0 Å². The number of piperidine rings is 1. The summed E-state index contributed by atoms with van der Waals surface area (Å²) in [5, 5.41) is 3.21. The zero-order chi connectivity index (χ0) is 22.4. The lowest BCUT2D eigenvalue weighted by atomic mass is 10.1. The van der Waals surface area contributed by atoms with E-state index in [-0.39, 0.29) is 23.5 Å². The second-order valence-corrected chi connectivity index (χ2v) is 8.20. The van der Waals surface area contributed by atoms with E-state index in [4.69, 9.17) is 16.3 Å². The molecule has 31 heavy (non-hydrogen) atoms. The van der Waals surface area contributed by atoms with Gasteiger partial charge in [-0.3, -0.25) is 9.59 Å². The fourth-order valence-electron chi connectivity index (χ4n) is 3.39. The molecule has 1 fully saturated rings. The molecule has 1 aliphatic rings. The van der Waals surface area contributed by atoms with Crippen molar-refractivity contribution in [3.63, 3.8) is 0 Å². The minimum atomic E-state index is -0.511. The van der Waals surface area contributed by atoms with Crippen molar-refractivity contribution in [2.75, 3.05) is 40.3 Å². The lowest BCUT2D eigenvalue weighted by molar-refractivity contribution is 0.0591.